The summed E-state index contributed by atoms with van der Waals surface area (Å²) < 4.78 is 16.8. The zero-order chi connectivity index (χ0) is 16.9. The molecule has 3 rings (SSSR count). The molecule has 7 nitrogen and oxygen atoms in total. The molecule has 0 aliphatic carbocycles. The van der Waals surface area contributed by atoms with Gasteiger partial charge in [-0.1, -0.05) is 12.1 Å². The molecule has 132 valence electrons. The van der Waals surface area contributed by atoms with Crippen LogP contribution in [0, 0.1) is 0 Å². The fourth-order valence-electron chi connectivity index (χ4n) is 2.81. The Morgan fingerprint density at radius 3 is 2.79 bits per heavy atom. The maximum Gasteiger partial charge on any atom is 0.250 e. The fraction of sp³-hybridized carbons (Fsp3) is 0.588. The lowest BCUT2D eigenvalue weighted by Gasteiger charge is -2.32. The number of carbonyl (C=O) groups excluding carboxylic acids is 1. The molecule has 2 N–H and O–H groups in total. The van der Waals surface area contributed by atoms with E-state index in [1.165, 1.54) is 0 Å². The lowest BCUT2D eigenvalue weighted by molar-refractivity contribution is -0.132. The topological polar surface area (TPSA) is 80.3 Å². The van der Waals surface area contributed by atoms with Crippen LogP contribution in [-0.2, 0) is 9.53 Å². The number of nitrogens with zero attached hydrogens (tertiary/aromatic N) is 1. The molecule has 0 unspecified atom stereocenters. The summed E-state index contributed by atoms with van der Waals surface area (Å²) in [5.74, 6) is 0.986. The van der Waals surface area contributed by atoms with Crippen molar-refractivity contribution in [3.05, 3.63) is 24.3 Å². The molecule has 0 aromatic heterocycles. The summed E-state index contributed by atoms with van der Waals surface area (Å²) in [4.78, 5) is 14.2. The first kappa shape index (κ1) is 17.0. The third kappa shape index (κ3) is 4.17. The summed E-state index contributed by atoms with van der Waals surface area (Å²) >= 11 is 0. The van der Waals surface area contributed by atoms with Crippen molar-refractivity contribution < 1.29 is 24.1 Å². The number of amides is 1. The summed E-state index contributed by atoms with van der Waals surface area (Å²) in [5.41, 5.74) is 0. The lowest BCUT2D eigenvalue weighted by Crippen LogP contribution is -2.53. The van der Waals surface area contributed by atoms with Crippen molar-refractivity contribution in [2.24, 2.45) is 0 Å². The number of para-hydroxylation sites is 2. The molecule has 2 aliphatic rings. The average Bonchev–Trinajstić information content (AvgIpc) is 2.62. The third-order valence-corrected chi connectivity index (χ3v) is 4.30. The highest BCUT2D eigenvalue weighted by Gasteiger charge is 2.29. The first-order valence-electron chi connectivity index (χ1n) is 8.30. The number of nitrogens with one attached hydrogen (secondary N) is 1. The Labute approximate surface area is 141 Å². The van der Waals surface area contributed by atoms with Crippen molar-refractivity contribution in [1.82, 2.24) is 10.2 Å². The van der Waals surface area contributed by atoms with E-state index in [2.05, 4.69) is 5.32 Å². The summed E-state index contributed by atoms with van der Waals surface area (Å²) in [6.07, 6.45) is -1.36. The first-order chi connectivity index (χ1) is 11.6. The van der Waals surface area contributed by atoms with Crippen molar-refractivity contribution in [2.75, 3.05) is 39.5 Å². The molecule has 0 bridgehead atoms. The second kappa shape index (κ2) is 7.83. The largest absolute Gasteiger partial charge is 0.486 e. The molecule has 1 fully saturated rings. The van der Waals surface area contributed by atoms with E-state index >= 15 is 0 Å². The van der Waals surface area contributed by atoms with Crippen LogP contribution in [0.3, 0.4) is 0 Å². The smallest absolute Gasteiger partial charge is 0.250 e. The second-order valence-electron chi connectivity index (χ2n) is 6.14. The maximum atomic E-state index is 12.2. The van der Waals surface area contributed by atoms with Crippen LogP contribution in [0.25, 0.3) is 0 Å². The van der Waals surface area contributed by atoms with Gasteiger partial charge in [-0.15, -0.1) is 0 Å². The Morgan fingerprint density at radius 1 is 1.33 bits per heavy atom. The number of ether oxygens (including phenoxy) is 3. The van der Waals surface area contributed by atoms with E-state index in [9.17, 15) is 9.90 Å². The third-order valence-electron chi connectivity index (χ3n) is 4.30. The van der Waals surface area contributed by atoms with E-state index in [1.807, 2.05) is 36.1 Å². The van der Waals surface area contributed by atoms with Crippen molar-refractivity contribution in [3.63, 3.8) is 0 Å². The number of aliphatic hydroxyl groups is 1. The summed E-state index contributed by atoms with van der Waals surface area (Å²) in [6.45, 7) is 5.26. The molecule has 0 spiro atoms. The lowest BCUT2D eigenvalue weighted by atomic mass is 10.1. The standard InChI is InChI=1S/C17H24N2O5/c1-12(16-11-23-14-4-2-3-5-15(14)24-16)18-17(21)13(20)10-19-6-8-22-9-7-19/h2-5,12-13,16,20H,6-11H2,1H3,(H,18,21)/t12-,13-,16+/m1/s1. The molecular weight excluding hydrogens is 312 g/mol. The number of aliphatic hydroxyl groups excluding tert-OH is 1. The molecule has 1 aromatic rings. The van der Waals surface area contributed by atoms with Gasteiger partial charge >= 0.3 is 0 Å². The number of fused-ring (bicyclic) bond motifs is 1. The fourth-order valence-corrected chi connectivity index (χ4v) is 2.81. The van der Waals surface area contributed by atoms with E-state index in [4.69, 9.17) is 14.2 Å². The molecular formula is C17H24N2O5. The van der Waals surface area contributed by atoms with Gasteiger partial charge in [0.25, 0.3) is 5.91 Å². The normalized spacial score (nSPS) is 23.3. The molecule has 7 heteroatoms. The van der Waals surface area contributed by atoms with Crippen molar-refractivity contribution in [2.45, 2.75) is 25.2 Å². The molecule has 24 heavy (non-hydrogen) atoms. The Morgan fingerprint density at radius 2 is 2.04 bits per heavy atom. The van der Waals surface area contributed by atoms with Crippen LogP contribution in [0.4, 0.5) is 0 Å². The van der Waals surface area contributed by atoms with Crippen molar-refractivity contribution in [3.8, 4) is 11.5 Å². The molecule has 1 aromatic carbocycles. The second-order valence-corrected chi connectivity index (χ2v) is 6.14. The Kier molecular flexibility index (Phi) is 5.55. The van der Waals surface area contributed by atoms with Crippen LogP contribution in [0.5, 0.6) is 11.5 Å². The van der Waals surface area contributed by atoms with Gasteiger partial charge in [-0.3, -0.25) is 9.69 Å². The van der Waals surface area contributed by atoms with Gasteiger partial charge in [0.15, 0.2) is 17.6 Å². The van der Waals surface area contributed by atoms with Crippen LogP contribution in [-0.4, -0.2) is 73.6 Å². The van der Waals surface area contributed by atoms with Gasteiger partial charge in [-0.25, -0.2) is 0 Å². The Bertz CT molecular complexity index is 562. The number of benzene rings is 1. The van der Waals surface area contributed by atoms with Gasteiger partial charge in [0.2, 0.25) is 0 Å². The monoisotopic (exact) mass is 336 g/mol. The van der Waals surface area contributed by atoms with Crippen LogP contribution < -0.4 is 14.8 Å². The van der Waals surface area contributed by atoms with E-state index < -0.39 is 12.0 Å². The van der Waals surface area contributed by atoms with E-state index in [-0.39, 0.29) is 12.1 Å². The van der Waals surface area contributed by atoms with Gasteiger partial charge in [-0.05, 0) is 19.1 Å². The zero-order valence-corrected chi connectivity index (χ0v) is 13.8. The summed E-state index contributed by atoms with van der Waals surface area (Å²) in [7, 11) is 0. The van der Waals surface area contributed by atoms with Gasteiger partial charge in [0, 0.05) is 19.6 Å². The minimum absolute atomic E-state index is 0.273. The maximum absolute atomic E-state index is 12.2. The predicted molar refractivity (Wildman–Crippen MR) is 87.2 cm³/mol. The summed E-state index contributed by atoms with van der Waals surface area (Å²) in [6, 6.07) is 7.17. The number of hydrogen-bond acceptors (Lipinski definition) is 6. The van der Waals surface area contributed by atoms with E-state index in [1.54, 1.807) is 0 Å². The minimum atomic E-state index is -1.07. The van der Waals surface area contributed by atoms with Gasteiger partial charge in [-0.2, -0.15) is 0 Å². The van der Waals surface area contributed by atoms with Crippen molar-refractivity contribution >= 4 is 5.91 Å². The SMILES string of the molecule is C[C@@H](NC(=O)[C@H](O)CN1CCOCC1)[C@@H]1COc2ccccc2O1. The van der Waals surface area contributed by atoms with Gasteiger partial charge in [0.1, 0.15) is 12.7 Å². The molecule has 1 amide bonds. The average molecular weight is 336 g/mol. The van der Waals surface area contributed by atoms with E-state index in [0.717, 1.165) is 13.1 Å². The predicted octanol–water partition coefficient (Wildman–Crippen LogP) is 0.0242. The first-order valence-corrected chi connectivity index (χ1v) is 8.30. The number of carbonyl (C=O) groups is 1. The van der Waals surface area contributed by atoms with Crippen LogP contribution in [0.1, 0.15) is 6.92 Å². The van der Waals surface area contributed by atoms with Crippen LogP contribution in [0.15, 0.2) is 24.3 Å². The number of morpholine rings is 1. The van der Waals surface area contributed by atoms with Crippen LogP contribution >= 0.6 is 0 Å². The van der Waals surface area contributed by atoms with E-state index in [0.29, 0.717) is 37.9 Å². The molecule has 2 aliphatic heterocycles. The highest BCUT2D eigenvalue weighted by Crippen LogP contribution is 2.31. The van der Waals surface area contributed by atoms with Gasteiger partial charge in [0.05, 0.1) is 19.3 Å². The number of rotatable bonds is 5. The van der Waals surface area contributed by atoms with Crippen molar-refractivity contribution in [1.29, 1.82) is 0 Å². The zero-order valence-electron chi connectivity index (χ0n) is 13.8. The molecule has 1 saturated heterocycles. The molecule has 0 radical (unpaired) electrons. The highest BCUT2D eigenvalue weighted by atomic mass is 16.6. The Hall–Kier alpha value is -1.83. The quantitative estimate of drug-likeness (QED) is 0.789. The molecule has 3 atom stereocenters. The van der Waals surface area contributed by atoms with Gasteiger partial charge < -0.3 is 24.6 Å². The van der Waals surface area contributed by atoms with Crippen LogP contribution in [0.2, 0.25) is 0 Å². The highest BCUT2D eigenvalue weighted by molar-refractivity contribution is 5.81. The molecule has 2 heterocycles. The number of β-amino-alcohol motifs (C(OH)–C–C–N with tert-alkyl or cyclic N) is 1. The minimum Gasteiger partial charge on any atom is -0.486 e. The molecule has 0 saturated carbocycles. The number of hydrogen-bond donors (Lipinski definition) is 2. The summed E-state index contributed by atoms with van der Waals surface area (Å²) in [5, 5.41) is 12.9. The Balaban J connectivity index is 1.49.